The van der Waals surface area contributed by atoms with Crippen molar-refractivity contribution in [2.75, 3.05) is 11.5 Å². The second-order valence-corrected chi connectivity index (χ2v) is 15.7. The van der Waals surface area contributed by atoms with Crippen molar-refractivity contribution in [1.29, 1.82) is 0 Å². The van der Waals surface area contributed by atoms with Crippen LogP contribution in [0.15, 0.2) is 0 Å². The molecule has 0 aliphatic heterocycles. The number of aliphatic hydroxyl groups excluding tert-OH is 2. The summed E-state index contributed by atoms with van der Waals surface area (Å²) < 4.78 is 52.2. The van der Waals surface area contributed by atoms with Gasteiger partial charge in [0.15, 0.2) is 0 Å². The molecule has 0 heterocycles. The van der Waals surface area contributed by atoms with E-state index in [9.17, 15) is 32.6 Å². The normalized spacial score (nSPS) is 42.6. The van der Waals surface area contributed by atoms with Crippen LogP contribution in [0.2, 0.25) is 0 Å². The molecule has 6 unspecified atom stereocenters. The molecule has 0 amide bonds. The van der Waals surface area contributed by atoms with Crippen molar-refractivity contribution >= 4 is 24.1 Å². The van der Waals surface area contributed by atoms with Crippen LogP contribution in [0.3, 0.4) is 0 Å². The predicted molar refractivity (Wildman–Crippen MR) is 115 cm³/mol. The number of aliphatic hydroxyl groups is 2. The van der Waals surface area contributed by atoms with Crippen LogP contribution in [-0.4, -0.2) is 59.9 Å². The van der Waals surface area contributed by atoms with E-state index < -0.39 is 69.4 Å². The van der Waals surface area contributed by atoms with Gasteiger partial charge in [0.1, 0.15) is 0 Å². The zero-order valence-corrected chi connectivity index (χ0v) is 20.3. The molecule has 4 aliphatic carbocycles. The van der Waals surface area contributed by atoms with Gasteiger partial charge in [-0.05, 0) is 61.2 Å². The van der Waals surface area contributed by atoms with Crippen LogP contribution in [-0.2, 0) is 19.7 Å². The second kappa shape index (κ2) is 6.63. The molecule has 0 radical (unpaired) electrons. The number of sulfone groups is 2. The first-order valence-corrected chi connectivity index (χ1v) is 14.4. The van der Waals surface area contributed by atoms with E-state index in [0.29, 0.717) is 25.7 Å². The van der Waals surface area contributed by atoms with Crippen LogP contribution < -0.4 is 0 Å². The molecule has 6 atom stereocenters. The molecule has 0 aromatic carbocycles. The van der Waals surface area contributed by atoms with Gasteiger partial charge in [0.2, 0.25) is 0 Å². The Morgan fingerprint density at radius 3 is 1.42 bits per heavy atom. The van der Waals surface area contributed by atoms with Gasteiger partial charge >= 0.3 is 4.38 Å². The minimum absolute atomic E-state index is 0.174. The Kier molecular flexibility index (Phi) is 4.99. The van der Waals surface area contributed by atoms with Gasteiger partial charge < -0.3 is 15.7 Å². The third kappa shape index (κ3) is 2.84. The largest absolute Gasteiger partial charge is 0.495 e. The molecule has 0 spiro atoms. The van der Waals surface area contributed by atoms with E-state index >= 15 is 0 Å². The van der Waals surface area contributed by atoms with Gasteiger partial charge in [-0.25, -0.2) is 16.8 Å². The van der Waals surface area contributed by atoms with Crippen molar-refractivity contribution in [3.63, 3.8) is 0 Å². The summed E-state index contributed by atoms with van der Waals surface area (Å²) >= 11 is 0. The highest BCUT2D eigenvalue weighted by molar-refractivity contribution is 8.31. The molecular formula is C21H34N2O6S2. The number of rotatable bonds is 4. The van der Waals surface area contributed by atoms with Gasteiger partial charge in [0, 0.05) is 10.8 Å². The highest BCUT2D eigenvalue weighted by Gasteiger charge is 2.68. The first-order chi connectivity index (χ1) is 14.1. The van der Waals surface area contributed by atoms with Gasteiger partial charge in [0.05, 0.1) is 23.7 Å². The van der Waals surface area contributed by atoms with E-state index in [-0.39, 0.29) is 11.8 Å². The maximum absolute atomic E-state index is 13.4. The Balaban J connectivity index is 1.68. The minimum atomic E-state index is -4.51. The van der Waals surface area contributed by atoms with Gasteiger partial charge in [-0.15, -0.1) is 4.79 Å². The number of hydrogen-bond donors (Lipinski definition) is 2. The van der Waals surface area contributed by atoms with Crippen molar-refractivity contribution in [3.05, 3.63) is 5.53 Å². The molecule has 4 aliphatic rings. The molecule has 176 valence electrons. The van der Waals surface area contributed by atoms with E-state index in [4.69, 9.17) is 0 Å². The minimum Gasteiger partial charge on any atom is -0.392 e. The second-order valence-electron chi connectivity index (χ2n) is 11.6. The third-order valence-electron chi connectivity index (χ3n) is 10.3. The van der Waals surface area contributed by atoms with E-state index in [0.717, 1.165) is 12.8 Å². The van der Waals surface area contributed by atoms with Crippen molar-refractivity contribution in [3.8, 4) is 0 Å². The van der Waals surface area contributed by atoms with E-state index in [1.807, 2.05) is 27.7 Å². The lowest BCUT2D eigenvalue weighted by molar-refractivity contribution is 0.00116. The van der Waals surface area contributed by atoms with Gasteiger partial charge in [-0.2, -0.15) is 0 Å². The van der Waals surface area contributed by atoms with E-state index in [2.05, 4.69) is 4.79 Å². The summed E-state index contributed by atoms with van der Waals surface area (Å²) in [5.74, 6) is -0.782. The Morgan fingerprint density at radius 2 is 1.19 bits per heavy atom. The molecular weight excluding hydrogens is 440 g/mol. The van der Waals surface area contributed by atoms with Crippen LogP contribution in [0.25, 0.3) is 5.53 Å². The summed E-state index contributed by atoms with van der Waals surface area (Å²) in [6.07, 6.45) is 1.83. The highest BCUT2D eigenvalue weighted by Crippen LogP contribution is 2.67. The smallest absolute Gasteiger partial charge is 0.392 e. The lowest BCUT2D eigenvalue weighted by Crippen LogP contribution is -2.49. The van der Waals surface area contributed by atoms with Crippen molar-refractivity contribution in [2.45, 2.75) is 78.4 Å². The highest BCUT2D eigenvalue weighted by atomic mass is 32.3. The SMILES string of the molecule is CC1(C)C2CCC1(CS(=O)(=O)C(=[N+]=[N-])S(=O)(=O)CC13CCC(CC1O)C3(C)C)C(O)C2. The average Bonchev–Trinajstić information content (AvgIpc) is 3.13. The molecule has 0 aromatic heterocycles. The lowest BCUT2D eigenvalue weighted by Gasteiger charge is -2.40. The fourth-order valence-electron chi connectivity index (χ4n) is 7.88. The molecule has 4 bridgehead atoms. The van der Waals surface area contributed by atoms with Crippen LogP contribution in [0.5, 0.6) is 0 Å². The average molecular weight is 475 g/mol. The third-order valence-corrected chi connectivity index (χ3v) is 14.8. The maximum atomic E-state index is 13.4. The van der Waals surface area contributed by atoms with Crippen molar-refractivity contribution in [2.24, 2.45) is 33.5 Å². The van der Waals surface area contributed by atoms with Gasteiger partial charge in [0.25, 0.3) is 19.7 Å². The van der Waals surface area contributed by atoms with E-state index in [1.165, 1.54) is 0 Å². The maximum Gasteiger partial charge on any atom is 0.495 e. The molecule has 8 nitrogen and oxygen atoms in total. The van der Waals surface area contributed by atoms with Gasteiger partial charge in [-0.1, -0.05) is 27.7 Å². The number of hydrogen-bond acceptors (Lipinski definition) is 6. The Hall–Kier alpha value is -0.800. The summed E-state index contributed by atoms with van der Waals surface area (Å²) in [6.45, 7) is 7.71. The summed E-state index contributed by atoms with van der Waals surface area (Å²) in [5, 5.41) is 21.4. The Labute approximate surface area is 184 Å². The van der Waals surface area contributed by atoms with Crippen LogP contribution >= 0.6 is 0 Å². The van der Waals surface area contributed by atoms with Crippen LogP contribution in [0.1, 0.15) is 66.2 Å². The zero-order valence-electron chi connectivity index (χ0n) is 18.7. The quantitative estimate of drug-likeness (QED) is 0.275. The van der Waals surface area contributed by atoms with E-state index in [1.54, 1.807) is 0 Å². The first kappa shape index (κ1) is 23.4. The summed E-state index contributed by atoms with van der Waals surface area (Å²) in [6, 6.07) is 0. The molecule has 0 aromatic rings. The van der Waals surface area contributed by atoms with Crippen LogP contribution in [0.4, 0.5) is 0 Å². The Bertz CT molecular complexity index is 981. The fraction of sp³-hybridized carbons (Fsp3) is 0.952. The standard InChI is InChI=1S/C21H34N2O6S2/c1-18(2)13-5-7-20(18,15(24)9-13)11-30(26,27)17(23-22)31(28,29)12-21-8-6-14(10-16(21)25)19(21,3)4/h13-16,24-25H,5-12H2,1-4H3. The molecule has 31 heavy (non-hydrogen) atoms. The van der Waals surface area contributed by atoms with Gasteiger partial charge in [-0.3, -0.25) is 0 Å². The topological polar surface area (TPSA) is 145 Å². The predicted octanol–water partition coefficient (Wildman–Crippen LogP) is 1.78. The zero-order chi connectivity index (χ0) is 23.3. The fourth-order valence-corrected chi connectivity index (χ4v) is 13.0. The number of nitrogens with zero attached hydrogens (tertiary/aromatic N) is 2. The number of fused-ring (bicyclic) bond motifs is 4. The summed E-state index contributed by atoms with van der Waals surface area (Å²) in [5.41, 5.74) is 6.71. The van der Waals surface area contributed by atoms with Crippen molar-refractivity contribution in [1.82, 2.24) is 0 Å². The van der Waals surface area contributed by atoms with Crippen molar-refractivity contribution < 1.29 is 31.8 Å². The summed E-state index contributed by atoms with van der Waals surface area (Å²) in [7, 11) is -9.02. The molecule has 4 fully saturated rings. The lowest BCUT2D eigenvalue weighted by atomic mass is 9.70. The Morgan fingerprint density at radius 1 is 0.839 bits per heavy atom. The molecule has 4 saturated carbocycles. The molecule has 10 heteroatoms. The first-order valence-electron chi connectivity index (χ1n) is 11.1. The monoisotopic (exact) mass is 474 g/mol. The summed E-state index contributed by atoms with van der Waals surface area (Å²) in [4.78, 5) is 2.80. The molecule has 4 rings (SSSR count). The molecule has 2 N–H and O–H groups in total. The molecule has 0 saturated heterocycles. The van der Waals surface area contributed by atoms with Crippen LogP contribution in [0, 0.1) is 33.5 Å².